The topological polar surface area (TPSA) is 12.5 Å². The molecule has 0 radical (unpaired) electrons. The molecular formula is C19H21ClFNOS. The van der Waals surface area contributed by atoms with Crippen LogP contribution < -0.4 is 0 Å². The van der Waals surface area contributed by atoms with Crippen LogP contribution in [-0.2, 0) is 23.3 Å². The van der Waals surface area contributed by atoms with Gasteiger partial charge in [-0.05, 0) is 43.9 Å². The first-order chi connectivity index (χ1) is 11.6. The van der Waals surface area contributed by atoms with Crippen molar-refractivity contribution in [3.8, 4) is 0 Å². The van der Waals surface area contributed by atoms with E-state index in [0.717, 1.165) is 42.3 Å². The molecule has 5 heteroatoms. The molecule has 0 bridgehead atoms. The number of hydrogen-bond donors (Lipinski definition) is 0. The monoisotopic (exact) mass is 365 g/mol. The zero-order valence-electron chi connectivity index (χ0n) is 13.7. The normalized spacial score (nSPS) is 27.4. The summed E-state index contributed by atoms with van der Waals surface area (Å²) in [7, 11) is 0. The molecule has 0 N–H and O–H groups in total. The lowest BCUT2D eigenvalue weighted by Gasteiger charge is -2.47. The van der Waals surface area contributed by atoms with E-state index in [1.807, 2.05) is 12.1 Å². The number of piperidine rings is 1. The molecule has 128 valence electrons. The van der Waals surface area contributed by atoms with E-state index in [0.29, 0.717) is 12.6 Å². The van der Waals surface area contributed by atoms with Crippen LogP contribution in [-0.4, -0.2) is 24.1 Å². The Balaban J connectivity index is 1.54. The molecule has 0 aliphatic carbocycles. The van der Waals surface area contributed by atoms with E-state index in [-0.39, 0.29) is 11.4 Å². The van der Waals surface area contributed by atoms with Crippen molar-refractivity contribution in [1.29, 1.82) is 0 Å². The third-order valence-electron chi connectivity index (χ3n) is 5.33. The first-order valence-corrected chi connectivity index (χ1v) is 9.67. The maximum atomic E-state index is 14.0. The average molecular weight is 366 g/mol. The van der Waals surface area contributed by atoms with Gasteiger partial charge in [-0.25, -0.2) is 4.39 Å². The fraction of sp³-hybridized carbons (Fsp3) is 0.474. The smallest absolute Gasteiger partial charge is 0.127 e. The van der Waals surface area contributed by atoms with Gasteiger partial charge in [-0.1, -0.05) is 29.8 Å². The highest BCUT2D eigenvalue weighted by atomic mass is 35.5. The van der Waals surface area contributed by atoms with E-state index in [1.54, 1.807) is 17.4 Å². The summed E-state index contributed by atoms with van der Waals surface area (Å²) in [5.74, 6) is -0.119. The molecule has 4 rings (SSSR count). The predicted octanol–water partition coefficient (Wildman–Crippen LogP) is 4.99. The molecule has 1 saturated heterocycles. The molecule has 0 amide bonds. The van der Waals surface area contributed by atoms with Crippen molar-refractivity contribution in [3.63, 3.8) is 0 Å². The van der Waals surface area contributed by atoms with Crippen LogP contribution in [0.15, 0.2) is 30.3 Å². The molecule has 1 aromatic carbocycles. The van der Waals surface area contributed by atoms with Gasteiger partial charge in [0.15, 0.2) is 0 Å². The summed E-state index contributed by atoms with van der Waals surface area (Å²) < 4.78 is 21.1. The number of nitrogens with zero attached hydrogens (tertiary/aromatic N) is 1. The molecule has 1 fully saturated rings. The van der Waals surface area contributed by atoms with Crippen LogP contribution in [0.2, 0.25) is 4.34 Å². The number of thiophene rings is 1. The van der Waals surface area contributed by atoms with Crippen molar-refractivity contribution in [1.82, 2.24) is 4.90 Å². The quantitative estimate of drug-likeness (QED) is 0.743. The summed E-state index contributed by atoms with van der Waals surface area (Å²) in [6.07, 6.45) is 2.83. The third kappa shape index (κ3) is 2.90. The van der Waals surface area contributed by atoms with E-state index in [4.69, 9.17) is 16.3 Å². The Morgan fingerprint density at radius 2 is 2.25 bits per heavy atom. The summed E-state index contributed by atoms with van der Waals surface area (Å²) in [4.78, 5) is 3.67. The fourth-order valence-electron chi connectivity index (χ4n) is 4.06. The van der Waals surface area contributed by atoms with E-state index in [2.05, 4.69) is 17.9 Å². The lowest BCUT2D eigenvalue weighted by atomic mass is 9.82. The van der Waals surface area contributed by atoms with Crippen molar-refractivity contribution in [2.45, 2.75) is 44.4 Å². The minimum atomic E-state index is -0.198. The van der Waals surface area contributed by atoms with Crippen molar-refractivity contribution >= 4 is 22.9 Å². The standard InChI is InChI=1S/C19H21ClFNOS/c1-13-11-19(18-14(6-9-23-19)10-17(20)24-18)7-8-22(13)12-15-4-2-3-5-16(15)21/h2-5,10,13H,6-9,11-12H2,1H3. The number of hydrogen-bond acceptors (Lipinski definition) is 3. The maximum Gasteiger partial charge on any atom is 0.127 e. The summed E-state index contributed by atoms with van der Waals surface area (Å²) in [5, 5.41) is 0. The van der Waals surface area contributed by atoms with Crippen LogP contribution >= 0.6 is 22.9 Å². The molecule has 2 nitrogen and oxygen atoms in total. The van der Waals surface area contributed by atoms with Crippen molar-refractivity contribution in [2.75, 3.05) is 13.2 Å². The Morgan fingerprint density at radius 1 is 1.42 bits per heavy atom. The lowest BCUT2D eigenvalue weighted by molar-refractivity contribution is -0.110. The molecule has 0 saturated carbocycles. The number of benzene rings is 1. The highest BCUT2D eigenvalue weighted by molar-refractivity contribution is 7.16. The van der Waals surface area contributed by atoms with Gasteiger partial charge in [-0.15, -0.1) is 11.3 Å². The molecule has 2 aliphatic heterocycles. The number of likely N-dealkylation sites (tertiary alicyclic amines) is 1. The van der Waals surface area contributed by atoms with Gasteiger partial charge in [0.1, 0.15) is 11.4 Å². The van der Waals surface area contributed by atoms with Gasteiger partial charge in [-0.2, -0.15) is 0 Å². The summed E-state index contributed by atoms with van der Waals surface area (Å²) in [5.41, 5.74) is 1.92. The summed E-state index contributed by atoms with van der Waals surface area (Å²) in [6.45, 7) is 4.54. The molecule has 2 atom stereocenters. The van der Waals surface area contributed by atoms with Crippen molar-refractivity contribution in [3.05, 3.63) is 56.5 Å². The second-order valence-corrected chi connectivity index (χ2v) is 8.55. The van der Waals surface area contributed by atoms with Crippen LogP contribution in [0.1, 0.15) is 35.8 Å². The van der Waals surface area contributed by atoms with Crippen LogP contribution in [0.3, 0.4) is 0 Å². The predicted molar refractivity (Wildman–Crippen MR) is 96.2 cm³/mol. The molecule has 24 heavy (non-hydrogen) atoms. The van der Waals surface area contributed by atoms with Gasteiger partial charge < -0.3 is 4.74 Å². The Labute approximate surface area is 151 Å². The Hall–Kier alpha value is -0.940. The van der Waals surface area contributed by atoms with Crippen molar-refractivity contribution < 1.29 is 9.13 Å². The second-order valence-electron chi connectivity index (χ2n) is 6.86. The Bertz CT molecular complexity index is 749. The van der Waals surface area contributed by atoms with Gasteiger partial charge in [0, 0.05) is 29.6 Å². The van der Waals surface area contributed by atoms with Crippen LogP contribution in [0, 0.1) is 5.82 Å². The van der Waals surface area contributed by atoms with Gasteiger partial charge in [0.2, 0.25) is 0 Å². The molecule has 1 spiro atoms. The van der Waals surface area contributed by atoms with Crippen LogP contribution in [0.5, 0.6) is 0 Å². The average Bonchev–Trinajstić information content (AvgIpc) is 2.94. The first kappa shape index (κ1) is 16.5. The Kier molecular flexibility index (Phi) is 4.42. The summed E-state index contributed by atoms with van der Waals surface area (Å²) in [6, 6.07) is 9.49. The summed E-state index contributed by atoms with van der Waals surface area (Å²) >= 11 is 7.92. The van der Waals surface area contributed by atoms with Crippen LogP contribution in [0.25, 0.3) is 0 Å². The third-order valence-corrected chi connectivity index (χ3v) is 6.82. The second kappa shape index (κ2) is 6.41. The van der Waals surface area contributed by atoms with E-state index in [1.165, 1.54) is 16.5 Å². The highest BCUT2D eigenvalue weighted by Crippen LogP contribution is 2.48. The molecular weight excluding hydrogens is 345 g/mol. The molecule has 3 heterocycles. The maximum absolute atomic E-state index is 14.0. The fourth-order valence-corrected chi connectivity index (χ4v) is 5.54. The molecule has 2 aromatic rings. The van der Waals surface area contributed by atoms with Gasteiger partial charge in [0.05, 0.1) is 10.9 Å². The SMILES string of the molecule is CC1CC2(CCN1Cc1ccccc1F)OCCc1cc(Cl)sc12. The van der Waals surface area contributed by atoms with E-state index in [9.17, 15) is 4.39 Å². The largest absolute Gasteiger partial charge is 0.369 e. The van der Waals surface area contributed by atoms with Gasteiger partial charge in [0.25, 0.3) is 0 Å². The molecule has 1 aromatic heterocycles. The minimum absolute atomic E-state index is 0.119. The van der Waals surface area contributed by atoms with Gasteiger partial charge >= 0.3 is 0 Å². The van der Waals surface area contributed by atoms with E-state index >= 15 is 0 Å². The number of halogens is 2. The number of rotatable bonds is 2. The van der Waals surface area contributed by atoms with Crippen LogP contribution in [0.4, 0.5) is 4.39 Å². The minimum Gasteiger partial charge on any atom is -0.369 e. The van der Waals surface area contributed by atoms with E-state index < -0.39 is 0 Å². The highest BCUT2D eigenvalue weighted by Gasteiger charge is 2.44. The van der Waals surface area contributed by atoms with Crippen molar-refractivity contribution in [2.24, 2.45) is 0 Å². The number of fused-ring (bicyclic) bond motifs is 2. The molecule has 2 unspecified atom stereocenters. The zero-order valence-corrected chi connectivity index (χ0v) is 15.3. The zero-order chi connectivity index (χ0) is 16.7. The first-order valence-electron chi connectivity index (χ1n) is 8.47. The van der Waals surface area contributed by atoms with Gasteiger partial charge in [-0.3, -0.25) is 4.90 Å². The number of ether oxygens (including phenoxy) is 1. The lowest BCUT2D eigenvalue weighted by Crippen LogP contribution is -2.50. The Morgan fingerprint density at radius 3 is 3.04 bits per heavy atom. The molecule has 2 aliphatic rings.